The molecule has 1 aromatic rings. The molecule has 4 heteroatoms. The fraction of sp³-hybridized carbons (Fsp3) is 0.682. The minimum atomic E-state index is -0.111. The molecule has 1 amide bonds. The molecule has 2 atom stereocenters. The summed E-state index contributed by atoms with van der Waals surface area (Å²) in [6, 6.07) is 10.8. The van der Waals surface area contributed by atoms with Crippen molar-refractivity contribution in [1.82, 2.24) is 4.90 Å². The number of morpholine rings is 1. The molecule has 1 saturated heterocycles. The van der Waals surface area contributed by atoms with E-state index < -0.39 is 0 Å². The molecule has 1 aromatic carbocycles. The van der Waals surface area contributed by atoms with Crippen LogP contribution in [-0.2, 0) is 16.0 Å². The number of nitrogens with two attached hydrogens (primary N) is 1. The van der Waals surface area contributed by atoms with E-state index in [1.807, 2.05) is 0 Å². The second-order valence-electron chi connectivity index (χ2n) is 7.99. The van der Waals surface area contributed by atoms with Gasteiger partial charge in [-0.25, -0.2) is 0 Å². The third kappa shape index (κ3) is 5.55. The standard InChI is InChI=1S/C22H34N2O2/c23-22(25)20(17-19-9-5-2-6-10-19)21(24-13-15-26-16-14-24)12-11-18-7-3-1-4-8-18/h1,3-4,7-8,19-21H,2,5-6,9-17H2,(H2,23,25). The number of amides is 1. The fourth-order valence-corrected chi connectivity index (χ4v) is 4.75. The fourth-order valence-electron chi connectivity index (χ4n) is 4.75. The second kappa shape index (κ2) is 10.1. The molecule has 2 N–H and O–H groups in total. The maximum absolute atomic E-state index is 12.4. The van der Waals surface area contributed by atoms with Crippen molar-refractivity contribution in [3.8, 4) is 0 Å². The molecule has 1 aliphatic carbocycles. The quantitative estimate of drug-likeness (QED) is 0.775. The molecule has 2 fully saturated rings. The van der Waals surface area contributed by atoms with Crippen LogP contribution in [-0.4, -0.2) is 43.2 Å². The van der Waals surface area contributed by atoms with Gasteiger partial charge in [-0.05, 0) is 30.7 Å². The monoisotopic (exact) mass is 358 g/mol. The van der Waals surface area contributed by atoms with Gasteiger partial charge in [-0.15, -0.1) is 0 Å². The van der Waals surface area contributed by atoms with Crippen LogP contribution in [0.2, 0.25) is 0 Å². The number of primary amides is 1. The lowest BCUT2D eigenvalue weighted by molar-refractivity contribution is -0.126. The first-order chi connectivity index (χ1) is 12.7. The summed E-state index contributed by atoms with van der Waals surface area (Å²) in [5.41, 5.74) is 7.27. The Bertz CT molecular complexity index is 536. The Morgan fingerprint density at radius 1 is 1.12 bits per heavy atom. The molecule has 4 nitrogen and oxygen atoms in total. The molecule has 26 heavy (non-hydrogen) atoms. The number of nitrogens with zero attached hydrogens (tertiary/aromatic N) is 1. The molecular formula is C22H34N2O2. The van der Waals surface area contributed by atoms with Gasteiger partial charge in [-0.1, -0.05) is 62.4 Å². The summed E-state index contributed by atoms with van der Waals surface area (Å²) < 4.78 is 5.54. The molecule has 0 bridgehead atoms. The van der Waals surface area contributed by atoms with Crippen molar-refractivity contribution in [1.29, 1.82) is 0 Å². The molecule has 0 radical (unpaired) electrons. The predicted octanol–water partition coefficient (Wildman–Crippen LogP) is 3.39. The first-order valence-electron chi connectivity index (χ1n) is 10.4. The lowest BCUT2D eigenvalue weighted by atomic mass is 9.78. The van der Waals surface area contributed by atoms with Gasteiger partial charge in [-0.3, -0.25) is 9.69 Å². The van der Waals surface area contributed by atoms with Gasteiger partial charge < -0.3 is 10.5 Å². The van der Waals surface area contributed by atoms with E-state index in [0.29, 0.717) is 5.92 Å². The highest BCUT2D eigenvalue weighted by Gasteiger charge is 2.34. The zero-order valence-corrected chi connectivity index (χ0v) is 15.9. The SMILES string of the molecule is NC(=O)C(CC1CCCCC1)C(CCc1ccccc1)N1CCOCC1. The Labute approximate surface area is 158 Å². The lowest BCUT2D eigenvalue weighted by Crippen LogP contribution is -2.50. The van der Waals surface area contributed by atoms with E-state index in [9.17, 15) is 4.79 Å². The second-order valence-corrected chi connectivity index (χ2v) is 7.99. The minimum absolute atomic E-state index is 0.0417. The summed E-state index contributed by atoms with van der Waals surface area (Å²) >= 11 is 0. The average Bonchev–Trinajstić information content (AvgIpc) is 2.69. The Balaban J connectivity index is 1.70. The van der Waals surface area contributed by atoms with Crippen LogP contribution in [0.1, 0.15) is 50.5 Å². The Kier molecular flexibility index (Phi) is 7.51. The molecule has 2 aliphatic rings. The smallest absolute Gasteiger partial charge is 0.222 e. The molecule has 2 unspecified atom stereocenters. The number of carbonyl (C=O) groups excluding carboxylic acids is 1. The first kappa shape index (κ1) is 19.4. The topological polar surface area (TPSA) is 55.6 Å². The number of benzene rings is 1. The van der Waals surface area contributed by atoms with Gasteiger partial charge in [0.25, 0.3) is 0 Å². The minimum Gasteiger partial charge on any atom is -0.379 e. The van der Waals surface area contributed by atoms with Crippen molar-refractivity contribution >= 4 is 5.91 Å². The zero-order chi connectivity index (χ0) is 18.2. The van der Waals surface area contributed by atoms with Crippen LogP contribution in [0.15, 0.2) is 30.3 Å². The first-order valence-corrected chi connectivity index (χ1v) is 10.4. The number of rotatable bonds is 8. The van der Waals surface area contributed by atoms with E-state index in [1.165, 1.54) is 37.7 Å². The third-order valence-corrected chi connectivity index (χ3v) is 6.23. The van der Waals surface area contributed by atoms with Gasteiger partial charge in [0.1, 0.15) is 0 Å². The number of hydrogen-bond donors (Lipinski definition) is 1. The van der Waals surface area contributed by atoms with Crippen molar-refractivity contribution in [3.05, 3.63) is 35.9 Å². The summed E-state index contributed by atoms with van der Waals surface area (Å²) in [5.74, 6) is 0.515. The maximum Gasteiger partial charge on any atom is 0.222 e. The molecule has 144 valence electrons. The third-order valence-electron chi connectivity index (χ3n) is 6.23. The van der Waals surface area contributed by atoms with Crippen molar-refractivity contribution in [3.63, 3.8) is 0 Å². The summed E-state index contributed by atoms with van der Waals surface area (Å²) in [4.78, 5) is 14.9. The summed E-state index contributed by atoms with van der Waals surface area (Å²) in [6.45, 7) is 3.34. The van der Waals surface area contributed by atoms with Gasteiger partial charge in [-0.2, -0.15) is 0 Å². The number of ether oxygens (including phenoxy) is 1. The zero-order valence-electron chi connectivity index (χ0n) is 15.9. The molecule has 1 heterocycles. The van der Waals surface area contributed by atoms with Gasteiger partial charge in [0.15, 0.2) is 0 Å². The van der Waals surface area contributed by atoms with Gasteiger partial charge >= 0.3 is 0 Å². The van der Waals surface area contributed by atoms with Crippen molar-refractivity contribution in [2.24, 2.45) is 17.6 Å². The van der Waals surface area contributed by atoms with Crippen LogP contribution in [0, 0.1) is 11.8 Å². The Morgan fingerprint density at radius 2 is 1.81 bits per heavy atom. The summed E-state index contributed by atoms with van der Waals surface area (Å²) in [5, 5.41) is 0. The van der Waals surface area contributed by atoms with Crippen LogP contribution >= 0.6 is 0 Å². The lowest BCUT2D eigenvalue weighted by Gasteiger charge is -2.39. The number of aryl methyl sites for hydroxylation is 1. The van der Waals surface area contributed by atoms with E-state index >= 15 is 0 Å². The average molecular weight is 359 g/mol. The van der Waals surface area contributed by atoms with Gasteiger partial charge in [0.05, 0.1) is 19.1 Å². The maximum atomic E-state index is 12.4. The molecule has 0 spiro atoms. The van der Waals surface area contributed by atoms with Crippen LogP contribution in [0.4, 0.5) is 0 Å². The highest BCUT2D eigenvalue weighted by Crippen LogP contribution is 2.32. The van der Waals surface area contributed by atoms with Crippen LogP contribution in [0.25, 0.3) is 0 Å². The van der Waals surface area contributed by atoms with E-state index in [0.717, 1.165) is 45.6 Å². The highest BCUT2D eigenvalue weighted by atomic mass is 16.5. The Hall–Kier alpha value is -1.39. The van der Waals surface area contributed by atoms with Crippen LogP contribution < -0.4 is 5.73 Å². The summed E-state index contributed by atoms with van der Waals surface area (Å²) in [6.07, 6.45) is 9.44. The molecular weight excluding hydrogens is 324 g/mol. The normalized spacial score (nSPS) is 22.0. The highest BCUT2D eigenvalue weighted by molar-refractivity contribution is 5.77. The van der Waals surface area contributed by atoms with Crippen molar-refractivity contribution in [2.75, 3.05) is 26.3 Å². The van der Waals surface area contributed by atoms with E-state index in [1.54, 1.807) is 0 Å². The van der Waals surface area contributed by atoms with E-state index in [4.69, 9.17) is 10.5 Å². The van der Waals surface area contributed by atoms with Crippen molar-refractivity contribution in [2.45, 2.75) is 57.4 Å². The van der Waals surface area contributed by atoms with Crippen LogP contribution in [0.3, 0.4) is 0 Å². The Morgan fingerprint density at radius 3 is 2.46 bits per heavy atom. The number of hydrogen-bond acceptors (Lipinski definition) is 3. The van der Waals surface area contributed by atoms with E-state index in [-0.39, 0.29) is 17.9 Å². The molecule has 0 aromatic heterocycles. The molecule has 3 rings (SSSR count). The summed E-state index contributed by atoms with van der Waals surface area (Å²) in [7, 11) is 0. The van der Waals surface area contributed by atoms with E-state index in [2.05, 4.69) is 35.2 Å². The molecule has 1 aliphatic heterocycles. The molecule has 1 saturated carbocycles. The largest absolute Gasteiger partial charge is 0.379 e. The number of carbonyl (C=O) groups is 1. The van der Waals surface area contributed by atoms with Gasteiger partial charge in [0, 0.05) is 19.1 Å². The van der Waals surface area contributed by atoms with Gasteiger partial charge in [0.2, 0.25) is 5.91 Å². The predicted molar refractivity (Wildman–Crippen MR) is 105 cm³/mol. The van der Waals surface area contributed by atoms with Crippen LogP contribution in [0.5, 0.6) is 0 Å². The van der Waals surface area contributed by atoms with Crippen molar-refractivity contribution < 1.29 is 9.53 Å².